The van der Waals surface area contributed by atoms with Crippen LogP contribution in [0.4, 0.5) is 0 Å². The molecule has 0 aliphatic heterocycles. The zero-order chi connectivity index (χ0) is 22.6. The maximum atomic E-state index is 11.3. The van der Waals surface area contributed by atoms with E-state index in [-0.39, 0.29) is 29.7 Å². The van der Waals surface area contributed by atoms with Gasteiger partial charge in [0, 0.05) is 0 Å². The van der Waals surface area contributed by atoms with Crippen LogP contribution in [-0.4, -0.2) is 38.5 Å². The van der Waals surface area contributed by atoms with Crippen LogP contribution < -0.4 is 0 Å². The van der Waals surface area contributed by atoms with Gasteiger partial charge in [0.1, 0.15) is 0 Å². The van der Waals surface area contributed by atoms with Crippen molar-refractivity contribution in [1.82, 2.24) is 0 Å². The molecule has 0 amide bonds. The number of allylic oxidation sites excluding steroid dienone is 4. The molecule has 0 fully saturated rings. The van der Waals surface area contributed by atoms with E-state index >= 15 is 0 Å². The van der Waals surface area contributed by atoms with E-state index in [0.717, 1.165) is 12.8 Å². The molecule has 0 N–H and O–H groups in total. The number of hydrogen-bond acceptors (Lipinski definition) is 8. The first-order chi connectivity index (χ1) is 13.1. The van der Waals surface area contributed by atoms with Gasteiger partial charge in [-0.25, -0.2) is 0 Å². The highest BCUT2D eigenvalue weighted by Gasteiger charge is 2.34. The standard InChI is InChI=1S/C10H16O2.C8H12O2.2CO2/c1-5-7-10(3,8-6-2)9(11)12-4;1-8(7(9)10-2)5-3-4-6-8;2*2-1-3/h5-6H,1-2,7-8H2,3-4H3;3-4H,5-6H2,1-2H3;;. The average Bonchev–Trinajstić information content (AvgIpc) is 3.10. The van der Waals surface area contributed by atoms with Gasteiger partial charge < -0.3 is 9.47 Å². The summed E-state index contributed by atoms with van der Waals surface area (Å²) in [5, 5.41) is 0. The molecule has 0 heterocycles. The number of carbonyl (C=O) groups excluding carboxylic acids is 6. The van der Waals surface area contributed by atoms with E-state index in [4.69, 9.17) is 19.2 Å². The molecule has 0 atom stereocenters. The Labute approximate surface area is 165 Å². The van der Waals surface area contributed by atoms with Gasteiger partial charge in [-0.2, -0.15) is 19.2 Å². The Bertz CT molecular complexity index is 561. The van der Waals surface area contributed by atoms with Gasteiger partial charge in [-0.15, -0.1) is 13.2 Å². The van der Waals surface area contributed by atoms with Crippen molar-refractivity contribution < 1.29 is 38.2 Å². The zero-order valence-electron chi connectivity index (χ0n) is 16.8. The molecule has 8 nitrogen and oxygen atoms in total. The monoisotopic (exact) mass is 396 g/mol. The van der Waals surface area contributed by atoms with Crippen LogP contribution >= 0.6 is 0 Å². The summed E-state index contributed by atoms with van der Waals surface area (Å²) in [5.74, 6) is -0.306. The molecule has 0 aromatic heterocycles. The number of carbonyl (C=O) groups is 2. The van der Waals surface area contributed by atoms with E-state index in [1.54, 1.807) is 12.2 Å². The number of esters is 2. The lowest BCUT2D eigenvalue weighted by molar-refractivity contribution is -0.193. The fourth-order valence-electron chi connectivity index (χ4n) is 2.32. The van der Waals surface area contributed by atoms with Crippen molar-refractivity contribution in [1.29, 1.82) is 0 Å². The highest BCUT2D eigenvalue weighted by Crippen LogP contribution is 2.33. The highest BCUT2D eigenvalue weighted by atomic mass is 16.5. The predicted octanol–water partition coefficient (Wildman–Crippen LogP) is 2.67. The molecule has 0 saturated carbocycles. The van der Waals surface area contributed by atoms with Gasteiger partial charge in [-0.3, -0.25) is 9.59 Å². The normalized spacial score (nSPS) is 12.6. The van der Waals surface area contributed by atoms with Crippen molar-refractivity contribution in [2.24, 2.45) is 10.8 Å². The van der Waals surface area contributed by atoms with Crippen molar-refractivity contribution in [2.45, 2.75) is 39.5 Å². The third-order valence-electron chi connectivity index (χ3n) is 3.85. The minimum absolute atomic E-state index is 0.0995. The van der Waals surface area contributed by atoms with Gasteiger partial charge in [-0.1, -0.05) is 24.3 Å². The van der Waals surface area contributed by atoms with Gasteiger partial charge in [0.15, 0.2) is 0 Å². The number of ether oxygens (including phenoxy) is 2. The fraction of sp³-hybridized carbons (Fsp3) is 0.500. The Hall–Kier alpha value is -3.08. The molecule has 28 heavy (non-hydrogen) atoms. The Kier molecular flexibility index (Phi) is 18.4. The van der Waals surface area contributed by atoms with Gasteiger partial charge in [0.25, 0.3) is 0 Å². The number of rotatable bonds is 6. The van der Waals surface area contributed by atoms with E-state index in [0.29, 0.717) is 12.8 Å². The lowest BCUT2D eigenvalue weighted by Gasteiger charge is -2.23. The predicted molar refractivity (Wildman–Crippen MR) is 98.3 cm³/mol. The second-order valence-corrected chi connectivity index (χ2v) is 6.14. The summed E-state index contributed by atoms with van der Waals surface area (Å²) in [4.78, 5) is 54.9. The first kappa shape index (κ1) is 29.7. The second kappa shape index (κ2) is 17.3. The Balaban J connectivity index is -0.000000351. The molecular formula is C20H28O8. The molecular weight excluding hydrogens is 368 g/mol. The van der Waals surface area contributed by atoms with E-state index in [2.05, 4.69) is 22.6 Å². The van der Waals surface area contributed by atoms with Crippen LogP contribution in [0.1, 0.15) is 39.5 Å². The van der Waals surface area contributed by atoms with Crippen LogP contribution in [0.2, 0.25) is 0 Å². The first-order valence-corrected chi connectivity index (χ1v) is 8.15. The van der Waals surface area contributed by atoms with Crippen LogP contribution in [0.15, 0.2) is 37.5 Å². The largest absolute Gasteiger partial charge is 0.469 e. The van der Waals surface area contributed by atoms with Crippen molar-refractivity contribution in [3.8, 4) is 0 Å². The van der Waals surface area contributed by atoms with E-state index in [1.807, 2.05) is 26.0 Å². The Morgan fingerprint density at radius 3 is 1.61 bits per heavy atom. The molecule has 156 valence electrons. The Morgan fingerprint density at radius 2 is 1.36 bits per heavy atom. The van der Waals surface area contributed by atoms with Crippen LogP contribution in [0.5, 0.6) is 0 Å². The minimum Gasteiger partial charge on any atom is -0.469 e. The molecule has 1 aliphatic rings. The molecule has 0 spiro atoms. The number of methoxy groups -OCH3 is 2. The summed E-state index contributed by atoms with van der Waals surface area (Å²) < 4.78 is 9.34. The summed E-state index contributed by atoms with van der Waals surface area (Å²) in [6.07, 6.45) is 10.9. The fourth-order valence-corrected chi connectivity index (χ4v) is 2.32. The average molecular weight is 396 g/mol. The molecule has 0 radical (unpaired) electrons. The van der Waals surface area contributed by atoms with Crippen LogP contribution in [-0.2, 0) is 38.2 Å². The summed E-state index contributed by atoms with van der Waals surface area (Å²) in [7, 11) is 2.83. The quantitative estimate of drug-likeness (QED) is 0.496. The summed E-state index contributed by atoms with van der Waals surface area (Å²) >= 11 is 0. The first-order valence-electron chi connectivity index (χ1n) is 8.15. The topological polar surface area (TPSA) is 121 Å². The van der Waals surface area contributed by atoms with Crippen LogP contribution in [0.3, 0.4) is 0 Å². The van der Waals surface area contributed by atoms with E-state index in [1.165, 1.54) is 14.2 Å². The van der Waals surface area contributed by atoms with Gasteiger partial charge in [-0.05, 0) is 39.5 Å². The highest BCUT2D eigenvalue weighted by molar-refractivity contribution is 5.77. The second-order valence-electron chi connectivity index (χ2n) is 6.14. The van der Waals surface area contributed by atoms with Gasteiger partial charge in [0.2, 0.25) is 0 Å². The maximum Gasteiger partial charge on any atom is 0.373 e. The SMILES string of the molecule is C=CCC(C)(CC=C)C(=O)OC.COC(=O)C1(C)CC=CC1.O=C=O.O=C=O. The van der Waals surface area contributed by atoms with Crippen LogP contribution in [0, 0.1) is 10.8 Å². The van der Waals surface area contributed by atoms with E-state index < -0.39 is 5.41 Å². The third kappa shape index (κ3) is 12.3. The summed E-state index contributed by atoms with van der Waals surface area (Å²) in [6.45, 7) is 11.0. The van der Waals surface area contributed by atoms with E-state index in [9.17, 15) is 9.59 Å². The Morgan fingerprint density at radius 1 is 1.00 bits per heavy atom. The lowest BCUT2D eigenvalue weighted by Crippen LogP contribution is -2.27. The molecule has 0 bridgehead atoms. The maximum absolute atomic E-state index is 11.3. The molecule has 1 rings (SSSR count). The van der Waals surface area contributed by atoms with Gasteiger partial charge in [0.05, 0.1) is 25.0 Å². The van der Waals surface area contributed by atoms with Crippen LogP contribution in [0.25, 0.3) is 0 Å². The van der Waals surface area contributed by atoms with Crippen molar-refractivity contribution in [2.75, 3.05) is 14.2 Å². The molecule has 0 aromatic carbocycles. The van der Waals surface area contributed by atoms with Gasteiger partial charge >= 0.3 is 24.2 Å². The van der Waals surface area contributed by atoms with Crippen molar-refractivity contribution in [3.05, 3.63) is 37.5 Å². The number of hydrogen-bond donors (Lipinski definition) is 0. The molecule has 0 aromatic rings. The lowest BCUT2D eigenvalue weighted by atomic mass is 9.83. The summed E-state index contributed by atoms with van der Waals surface area (Å²) in [6, 6.07) is 0. The minimum atomic E-state index is -0.488. The smallest absolute Gasteiger partial charge is 0.373 e. The molecule has 1 aliphatic carbocycles. The molecule has 0 saturated heterocycles. The zero-order valence-corrected chi connectivity index (χ0v) is 16.8. The van der Waals surface area contributed by atoms with Crippen molar-refractivity contribution >= 4 is 24.2 Å². The van der Waals surface area contributed by atoms with Crippen molar-refractivity contribution in [3.63, 3.8) is 0 Å². The third-order valence-corrected chi connectivity index (χ3v) is 3.85. The summed E-state index contributed by atoms with van der Waals surface area (Å²) in [5.41, 5.74) is -0.757. The molecule has 0 unspecified atom stereocenters. The molecule has 8 heteroatoms.